The summed E-state index contributed by atoms with van der Waals surface area (Å²) in [6.45, 7) is 7.98. The van der Waals surface area contributed by atoms with E-state index in [4.69, 9.17) is 22.6 Å². The minimum Gasteiger partial charge on any atom is -0.397 e. The summed E-state index contributed by atoms with van der Waals surface area (Å²) in [5.41, 5.74) is 16.2. The van der Waals surface area contributed by atoms with Gasteiger partial charge in [-0.2, -0.15) is 5.26 Å². The Bertz CT molecular complexity index is 859. The molecule has 6 heteroatoms. The minimum atomic E-state index is 0.293. The quantitative estimate of drug-likeness (QED) is 0.552. The monoisotopic (exact) mass is 332 g/mol. The minimum absolute atomic E-state index is 0.293. The Kier molecular flexibility index (Phi) is 5.56. The molecule has 0 fully saturated rings. The van der Waals surface area contributed by atoms with Crippen LogP contribution >= 0.6 is 0 Å². The van der Waals surface area contributed by atoms with E-state index in [1.807, 2.05) is 12.1 Å². The zero-order valence-electron chi connectivity index (χ0n) is 13.8. The van der Waals surface area contributed by atoms with Gasteiger partial charge in [-0.15, -0.1) is 0 Å². The van der Waals surface area contributed by atoms with Gasteiger partial charge in [0.05, 0.1) is 23.9 Å². The second-order valence-electron chi connectivity index (χ2n) is 5.36. The van der Waals surface area contributed by atoms with Gasteiger partial charge in [0.15, 0.2) is 0 Å². The highest BCUT2D eigenvalue weighted by atomic mass is 15.4. The first-order valence-electron chi connectivity index (χ1n) is 7.51. The van der Waals surface area contributed by atoms with E-state index in [9.17, 15) is 0 Å². The predicted octanol–water partition coefficient (Wildman–Crippen LogP) is 2.45. The van der Waals surface area contributed by atoms with Gasteiger partial charge in [-0.05, 0) is 23.3 Å². The van der Waals surface area contributed by atoms with E-state index in [1.165, 1.54) is 5.01 Å². The van der Waals surface area contributed by atoms with Gasteiger partial charge in [0.2, 0.25) is 0 Å². The molecule has 1 heterocycles. The summed E-state index contributed by atoms with van der Waals surface area (Å²) in [5.74, 6) is 6.32. The molecule has 0 saturated heterocycles. The summed E-state index contributed by atoms with van der Waals surface area (Å²) in [6, 6.07) is 9.23. The molecule has 0 aliphatic carbocycles. The molecule has 6 nitrogen and oxygen atoms in total. The fraction of sp³-hybridized carbons (Fsp3) is 0.0526. The number of nitriles is 1. The highest BCUT2D eigenvalue weighted by Gasteiger charge is 2.12. The van der Waals surface area contributed by atoms with Crippen molar-refractivity contribution in [3.8, 4) is 6.07 Å². The van der Waals surface area contributed by atoms with Crippen LogP contribution in [0.4, 0.5) is 5.82 Å². The van der Waals surface area contributed by atoms with Crippen LogP contribution in [0.25, 0.3) is 17.8 Å². The van der Waals surface area contributed by atoms with Crippen molar-refractivity contribution in [1.29, 1.82) is 5.26 Å². The molecule has 2 aromatic rings. The third kappa shape index (κ3) is 4.05. The van der Waals surface area contributed by atoms with E-state index in [2.05, 4.69) is 24.2 Å². The Morgan fingerprint density at radius 2 is 1.92 bits per heavy atom. The van der Waals surface area contributed by atoms with E-state index < -0.39 is 0 Å². The number of aromatic nitrogens is 1. The SMILES string of the molecule is C=Cc1cnc(N)c(/C(N)=C/N(N)Cc2ccc(C#N)cc2)c1C=C. The molecule has 1 aromatic carbocycles. The Morgan fingerprint density at radius 3 is 2.48 bits per heavy atom. The first kappa shape index (κ1) is 17.8. The van der Waals surface area contributed by atoms with Gasteiger partial charge < -0.3 is 16.5 Å². The number of nitrogen functional groups attached to an aromatic ring is 1. The number of hydrogen-bond donors (Lipinski definition) is 3. The van der Waals surface area contributed by atoms with Crippen LogP contribution in [0.3, 0.4) is 0 Å². The van der Waals surface area contributed by atoms with Crippen molar-refractivity contribution < 1.29 is 0 Å². The maximum Gasteiger partial charge on any atom is 0.133 e. The van der Waals surface area contributed by atoms with Crippen LogP contribution in [0.2, 0.25) is 0 Å². The smallest absolute Gasteiger partial charge is 0.133 e. The molecular formula is C19H20N6. The Labute approximate surface area is 147 Å². The van der Waals surface area contributed by atoms with Crippen LogP contribution in [0.1, 0.15) is 27.8 Å². The number of benzene rings is 1. The van der Waals surface area contributed by atoms with Crippen LogP contribution < -0.4 is 17.3 Å². The van der Waals surface area contributed by atoms with Crippen molar-refractivity contribution in [1.82, 2.24) is 9.99 Å². The van der Waals surface area contributed by atoms with Crippen molar-refractivity contribution in [3.63, 3.8) is 0 Å². The standard InChI is InChI=1S/C19H20N6/c1-3-15-10-24-19(22)18(16(15)4-2)17(21)12-25(23)11-14-7-5-13(9-20)6-8-14/h3-8,10,12H,1-2,11,21,23H2,(H2,22,24)/b17-12-. The summed E-state index contributed by atoms with van der Waals surface area (Å²) in [7, 11) is 0. The highest BCUT2D eigenvalue weighted by molar-refractivity contribution is 5.82. The Hall–Kier alpha value is -3.56. The van der Waals surface area contributed by atoms with Crippen molar-refractivity contribution in [2.24, 2.45) is 11.6 Å². The maximum atomic E-state index is 8.83. The van der Waals surface area contributed by atoms with E-state index in [1.54, 1.807) is 36.7 Å². The van der Waals surface area contributed by atoms with Crippen molar-refractivity contribution >= 4 is 23.7 Å². The molecule has 0 amide bonds. The van der Waals surface area contributed by atoms with Crippen LogP contribution in [0.15, 0.2) is 49.8 Å². The molecule has 2 rings (SSSR count). The molecular weight excluding hydrogens is 312 g/mol. The van der Waals surface area contributed by atoms with Gasteiger partial charge in [0, 0.05) is 23.5 Å². The van der Waals surface area contributed by atoms with Crippen LogP contribution in [-0.4, -0.2) is 9.99 Å². The van der Waals surface area contributed by atoms with E-state index >= 15 is 0 Å². The molecule has 0 radical (unpaired) electrons. The van der Waals surface area contributed by atoms with Gasteiger partial charge in [-0.25, -0.2) is 10.8 Å². The third-order valence-corrected chi connectivity index (χ3v) is 3.65. The lowest BCUT2D eigenvalue weighted by molar-refractivity contribution is 0.388. The fourth-order valence-electron chi connectivity index (χ4n) is 2.43. The topological polar surface area (TPSA) is 118 Å². The number of pyridine rings is 1. The van der Waals surface area contributed by atoms with Gasteiger partial charge in [0.1, 0.15) is 5.82 Å². The number of rotatable bonds is 6. The predicted molar refractivity (Wildman–Crippen MR) is 102 cm³/mol. The summed E-state index contributed by atoms with van der Waals surface area (Å²) in [5, 5.41) is 10.3. The summed E-state index contributed by atoms with van der Waals surface area (Å²) in [4.78, 5) is 4.14. The average molecular weight is 332 g/mol. The largest absolute Gasteiger partial charge is 0.397 e. The van der Waals surface area contributed by atoms with Crippen LogP contribution in [-0.2, 0) is 6.54 Å². The summed E-state index contributed by atoms with van der Waals surface area (Å²) < 4.78 is 0. The first-order valence-corrected chi connectivity index (χ1v) is 7.51. The van der Waals surface area contributed by atoms with Gasteiger partial charge in [0.25, 0.3) is 0 Å². The lowest BCUT2D eigenvalue weighted by Gasteiger charge is -2.17. The molecule has 0 bridgehead atoms. The average Bonchev–Trinajstić information content (AvgIpc) is 2.61. The zero-order chi connectivity index (χ0) is 18.4. The number of hydrogen-bond acceptors (Lipinski definition) is 6. The number of anilines is 1. The lowest BCUT2D eigenvalue weighted by atomic mass is 10.0. The molecule has 25 heavy (non-hydrogen) atoms. The highest BCUT2D eigenvalue weighted by Crippen LogP contribution is 2.26. The Morgan fingerprint density at radius 1 is 1.24 bits per heavy atom. The van der Waals surface area contributed by atoms with Gasteiger partial charge in [-0.1, -0.05) is 37.4 Å². The van der Waals surface area contributed by atoms with Crippen LogP contribution in [0.5, 0.6) is 0 Å². The maximum absolute atomic E-state index is 8.83. The van der Waals surface area contributed by atoms with Crippen molar-refractivity contribution in [2.45, 2.75) is 6.54 Å². The lowest BCUT2D eigenvalue weighted by Crippen LogP contribution is -2.26. The summed E-state index contributed by atoms with van der Waals surface area (Å²) in [6.07, 6.45) is 6.53. The van der Waals surface area contributed by atoms with E-state index in [0.29, 0.717) is 29.2 Å². The Balaban J connectivity index is 2.29. The molecule has 0 spiro atoms. The molecule has 6 N–H and O–H groups in total. The molecule has 0 atom stereocenters. The van der Waals surface area contributed by atoms with Crippen molar-refractivity contribution in [2.75, 3.05) is 5.73 Å². The zero-order valence-corrected chi connectivity index (χ0v) is 13.8. The van der Waals surface area contributed by atoms with Crippen molar-refractivity contribution in [3.05, 3.63) is 77.6 Å². The molecule has 0 aliphatic heterocycles. The molecule has 1 aromatic heterocycles. The molecule has 0 aliphatic rings. The third-order valence-electron chi connectivity index (χ3n) is 3.65. The number of hydrazine groups is 1. The molecule has 0 unspecified atom stereocenters. The second-order valence-corrected chi connectivity index (χ2v) is 5.36. The number of nitrogens with two attached hydrogens (primary N) is 3. The number of nitrogens with zero attached hydrogens (tertiary/aromatic N) is 3. The van der Waals surface area contributed by atoms with Gasteiger partial charge >= 0.3 is 0 Å². The van der Waals surface area contributed by atoms with E-state index in [-0.39, 0.29) is 0 Å². The fourth-order valence-corrected chi connectivity index (χ4v) is 2.43. The summed E-state index contributed by atoms with van der Waals surface area (Å²) >= 11 is 0. The first-order chi connectivity index (χ1) is 12.0. The molecule has 0 saturated carbocycles. The van der Waals surface area contributed by atoms with E-state index in [0.717, 1.165) is 16.7 Å². The second kappa shape index (κ2) is 7.81. The normalized spacial score (nSPS) is 10.8. The molecule has 126 valence electrons. The van der Waals surface area contributed by atoms with Gasteiger partial charge in [-0.3, -0.25) is 0 Å². The van der Waals surface area contributed by atoms with Crippen LogP contribution in [0, 0.1) is 11.3 Å².